The van der Waals surface area contributed by atoms with E-state index in [1.54, 1.807) is 19.2 Å². The number of nitrogens with one attached hydrogen (secondary N) is 1. The molecule has 0 atom stereocenters. The van der Waals surface area contributed by atoms with Crippen LogP contribution in [0.25, 0.3) is 0 Å². The molecule has 0 radical (unpaired) electrons. The summed E-state index contributed by atoms with van der Waals surface area (Å²) in [4.78, 5) is 13.6. The molecule has 2 aromatic carbocycles. The number of halogens is 1. The molecule has 2 amide bonds. The second-order valence-electron chi connectivity index (χ2n) is 4.06. The summed E-state index contributed by atoms with van der Waals surface area (Å²) >= 11 is 3.34. The van der Waals surface area contributed by atoms with E-state index in [0.717, 1.165) is 10.2 Å². The van der Waals surface area contributed by atoms with Crippen molar-refractivity contribution in [3.63, 3.8) is 0 Å². The summed E-state index contributed by atoms with van der Waals surface area (Å²) in [6.45, 7) is 0. The van der Waals surface area contributed by atoms with E-state index in [1.165, 1.54) is 4.90 Å². The van der Waals surface area contributed by atoms with Crippen LogP contribution < -0.4 is 16.0 Å². The van der Waals surface area contributed by atoms with Gasteiger partial charge in [-0.15, -0.1) is 0 Å². The van der Waals surface area contributed by atoms with Gasteiger partial charge in [-0.1, -0.05) is 34.1 Å². The van der Waals surface area contributed by atoms with Crippen LogP contribution in [0.2, 0.25) is 0 Å². The van der Waals surface area contributed by atoms with Crippen LogP contribution in [0.15, 0.2) is 53.0 Å². The first kappa shape index (κ1) is 13.4. The average Bonchev–Trinajstić information content (AvgIpc) is 2.39. The zero-order valence-corrected chi connectivity index (χ0v) is 12.0. The fourth-order valence-corrected chi connectivity index (χ4v) is 2.05. The van der Waals surface area contributed by atoms with Crippen molar-refractivity contribution in [3.8, 4) is 0 Å². The lowest BCUT2D eigenvalue weighted by Crippen LogP contribution is -2.31. The van der Waals surface area contributed by atoms with Crippen LogP contribution in [0.3, 0.4) is 0 Å². The first-order valence-corrected chi connectivity index (χ1v) is 6.52. The van der Waals surface area contributed by atoms with E-state index in [2.05, 4.69) is 21.2 Å². The number of nitrogens with zero attached hydrogens (tertiary/aromatic N) is 1. The second kappa shape index (κ2) is 5.75. The number of hydrogen-bond donors (Lipinski definition) is 2. The van der Waals surface area contributed by atoms with Crippen molar-refractivity contribution in [1.82, 2.24) is 0 Å². The van der Waals surface area contributed by atoms with E-state index in [9.17, 15) is 4.79 Å². The minimum atomic E-state index is -0.236. The quantitative estimate of drug-likeness (QED) is 0.829. The molecule has 0 unspecified atom stereocenters. The Morgan fingerprint density at radius 3 is 2.53 bits per heavy atom. The zero-order valence-electron chi connectivity index (χ0n) is 10.4. The van der Waals surface area contributed by atoms with E-state index < -0.39 is 0 Å². The monoisotopic (exact) mass is 319 g/mol. The number of nitrogen functional groups attached to an aromatic ring is 1. The first-order chi connectivity index (χ1) is 9.08. The third-order valence-corrected chi connectivity index (χ3v) is 3.17. The summed E-state index contributed by atoms with van der Waals surface area (Å²) in [5, 5.41) is 2.80. The number of para-hydroxylation sites is 1. The fourth-order valence-electron chi connectivity index (χ4n) is 1.67. The number of rotatable bonds is 2. The van der Waals surface area contributed by atoms with Crippen LogP contribution >= 0.6 is 15.9 Å². The maximum Gasteiger partial charge on any atom is 0.326 e. The largest absolute Gasteiger partial charge is 0.397 e. The van der Waals surface area contributed by atoms with E-state index in [-0.39, 0.29) is 6.03 Å². The first-order valence-electron chi connectivity index (χ1n) is 5.72. The van der Waals surface area contributed by atoms with Crippen molar-refractivity contribution in [1.29, 1.82) is 0 Å². The molecule has 2 aromatic rings. The Labute approximate surface area is 120 Å². The Morgan fingerprint density at radius 1 is 1.21 bits per heavy atom. The fraction of sp³-hybridized carbons (Fsp3) is 0.0714. The lowest BCUT2D eigenvalue weighted by atomic mass is 10.2. The maximum atomic E-state index is 12.1. The molecule has 3 N–H and O–H groups in total. The van der Waals surface area contributed by atoms with E-state index in [0.29, 0.717) is 11.4 Å². The van der Waals surface area contributed by atoms with Crippen LogP contribution in [-0.4, -0.2) is 13.1 Å². The number of nitrogens with two attached hydrogens (primary N) is 1. The van der Waals surface area contributed by atoms with Crippen molar-refractivity contribution in [2.75, 3.05) is 23.0 Å². The minimum absolute atomic E-state index is 0.236. The molecule has 0 heterocycles. The number of hydrogen-bond acceptors (Lipinski definition) is 2. The number of amides is 2. The highest BCUT2D eigenvalue weighted by Gasteiger charge is 2.13. The van der Waals surface area contributed by atoms with E-state index in [4.69, 9.17) is 5.73 Å². The zero-order chi connectivity index (χ0) is 13.8. The predicted molar refractivity (Wildman–Crippen MR) is 82.4 cm³/mol. The van der Waals surface area contributed by atoms with Crippen LogP contribution in [0.4, 0.5) is 21.9 Å². The number of benzene rings is 2. The summed E-state index contributed by atoms with van der Waals surface area (Å²) in [7, 11) is 1.68. The Morgan fingerprint density at radius 2 is 1.89 bits per heavy atom. The Hall–Kier alpha value is -2.01. The smallest absolute Gasteiger partial charge is 0.326 e. The van der Waals surface area contributed by atoms with Crippen LogP contribution in [0, 0.1) is 0 Å². The average molecular weight is 320 g/mol. The van der Waals surface area contributed by atoms with Crippen molar-refractivity contribution < 1.29 is 4.79 Å². The van der Waals surface area contributed by atoms with Gasteiger partial charge in [-0.05, 0) is 30.3 Å². The molecule has 0 spiro atoms. The molecule has 0 saturated heterocycles. The van der Waals surface area contributed by atoms with Gasteiger partial charge in [0, 0.05) is 17.2 Å². The van der Waals surface area contributed by atoms with Gasteiger partial charge in [0.25, 0.3) is 0 Å². The van der Waals surface area contributed by atoms with Gasteiger partial charge < -0.3 is 11.1 Å². The summed E-state index contributed by atoms with van der Waals surface area (Å²) in [6, 6.07) is 14.5. The van der Waals surface area contributed by atoms with Crippen molar-refractivity contribution >= 4 is 39.0 Å². The van der Waals surface area contributed by atoms with Crippen molar-refractivity contribution in [2.24, 2.45) is 0 Å². The van der Waals surface area contributed by atoms with Gasteiger partial charge in [-0.25, -0.2) is 4.79 Å². The Bertz CT molecular complexity index is 586. The van der Waals surface area contributed by atoms with Crippen molar-refractivity contribution in [3.05, 3.63) is 53.0 Å². The molecule has 0 bridgehead atoms. The second-order valence-corrected chi connectivity index (χ2v) is 4.97. The molecule has 0 aliphatic rings. The molecular formula is C14H14BrN3O. The SMILES string of the molecule is CN(C(=O)Nc1ccccc1)c1ccc(Br)cc1N. The molecule has 4 nitrogen and oxygen atoms in total. The molecule has 0 aliphatic heterocycles. The summed E-state index contributed by atoms with van der Waals surface area (Å²) < 4.78 is 0.880. The van der Waals surface area contributed by atoms with Crippen LogP contribution in [0.5, 0.6) is 0 Å². The van der Waals surface area contributed by atoms with Crippen LogP contribution in [-0.2, 0) is 0 Å². The molecule has 0 fully saturated rings. The summed E-state index contributed by atoms with van der Waals surface area (Å²) in [5.74, 6) is 0. The lowest BCUT2D eigenvalue weighted by Gasteiger charge is -2.20. The summed E-state index contributed by atoms with van der Waals surface area (Å²) in [5.41, 5.74) is 7.85. The molecular weight excluding hydrogens is 306 g/mol. The molecule has 0 aliphatic carbocycles. The highest BCUT2D eigenvalue weighted by molar-refractivity contribution is 9.10. The van der Waals surface area contributed by atoms with Gasteiger partial charge in [0.1, 0.15) is 0 Å². The molecule has 98 valence electrons. The van der Waals surface area contributed by atoms with Crippen molar-refractivity contribution in [2.45, 2.75) is 0 Å². The Kier molecular flexibility index (Phi) is 4.06. The van der Waals surface area contributed by atoms with E-state index >= 15 is 0 Å². The molecule has 2 rings (SSSR count). The normalized spacial score (nSPS) is 10.0. The maximum absolute atomic E-state index is 12.1. The Balaban J connectivity index is 2.15. The highest BCUT2D eigenvalue weighted by atomic mass is 79.9. The predicted octanol–water partition coefficient (Wildman–Crippen LogP) is 3.70. The minimum Gasteiger partial charge on any atom is -0.397 e. The van der Waals surface area contributed by atoms with Gasteiger partial charge in [0.15, 0.2) is 0 Å². The van der Waals surface area contributed by atoms with Crippen LogP contribution in [0.1, 0.15) is 0 Å². The lowest BCUT2D eigenvalue weighted by molar-refractivity contribution is 0.258. The highest BCUT2D eigenvalue weighted by Crippen LogP contribution is 2.26. The van der Waals surface area contributed by atoms with Gasteiger partial charge in [0.2, 0.25) is 0 Å². The molecule has 0 saturated carbocycles. The van der Waals surface area contributed by atoms with Gasteiger partial charge in [-0.2, -0.15) is 0 Å². The third kappa shape index (κ3) is 3.26. The standard InChI is InChI=1S/C14H14BrN3O/c1-18(13-8-7-10(15)9-12(13)16)14(19)17-11-5-3-2-4-6-11/h2-9H,16H2,1H3,(H,17,19). The summed E-state index contributed by atoms with van der Waals surface area (Å²) in [6.07, 6.45) is 0. The third-order valence-electron chi connectivity index (χ3n) is 2.68. The van der Waals surface area contributed by atoms with Gasteiger partial charge >= 0.3 is 6.03 Å². The van der Waals surface area contributed by atoms with Gasteiger partial charge in [0.05, 0.1) is 11.4 Å². The molecule has 0 aromatic heterocycles. The molecule has 19 heavy (non-hydrogen) atoms. The number of carbonyl (C=O) groups is 1. The van der Waals surface area contributed by atoms with Gasteiger partial charge in [-0.3, -0.25) is 4.90 Å². The molecule has 5 heteroatoms. The van der Waals surface area contributed by atoms with E-state index in [1.807, 2.05) is 36.4 Å². The number of carbonyl (C=O) groups excluding carboxylic acids is 1. The topological polar surface area (TPSA) is 58.4 Å². The number of anilines is 3. The number of urea groups is 1.